The summed E-state index contributed by atoms with van der Waals surface area (Å²) in [5, 5.41) is 25.1. The maximum absolute atomic E-state index is 10.7. The van der Waals surface area contributed by atoms with Gasteiger partial charge < -0.3 is 14.7 Å². The van der Waals surface area contributed by atoms with E-state index in [1.807, 2.05) is 6.20 Å². The second-order valence-corrected chi connectivity index (χ2v) is 12.6. The molecule has 1 aromatic rings. The van der Waals surface area contributed by atoms with E-state index in [4.69, 9.17) is 4.52 Å². The van der Waals surface area contributed by atoms with E-state index in [1.165, 1.54) is 50.5 Å². The molecule has 4 heteroatoms. The third-order valence-electron chi connectivity index (χ3n) is 10.6. The van der Waals surface area contributed by atoms with Gasteiger partial charge in [-0.25, -0.2) is 0 Å². The summed E-state index contributed by atoms with van der Waals surface area (Å²) in [5.41, 5.74) is 1.55. The zero-order valence-electron chi connectivity index (χ0n) is 21.1. The minimum absolute atomic E-state index is 0.0109. The molecule has 182 valence electrons. The third kappa shape index (κ3) is 4.08. The van der Waals surface area contributed by atoms with Crippen molar-refractivity contribution in [2.45, 2.75) is 92.4 Å². The smallest absolute Gasteiger partial charge is 0.140 e. The standard InChI is InChI=1S/C28H47NO3/c1-18(2)7-6-8-19(3)23-9-10-24-22(17-31)25(11-12-27(23,24)4)28(5)14-20-15-29-32-26(20)13-21(28)16-30/h15,18-19,21-25,30-31H,6-14,16-17H2,1-5H3/t19?,21-,22+,23-,24+,25+,27-,28+/m1/s1. The molecule has 3 aliphatic carbocycles. The van der Waals surface area contributed by atoms with E-state index < -0.39 is 0 Å². The Morgan fingerprint density at radius 2 is 1.78 bits per heavy atom. The van der Waals surface area contributed by atoms with Gasteiger partial charge in [0.2, 0.25) is 0 Å². The number of aliphatic hydroxyl groups is 2. The van der Waals surface area contributed by atoms with Crippen LogP contribution in [0.3, 0.4) is 0 Å². The summed E-state index contributed by atoms with van der Waals surface area (Å²) in [7, 11) is 0. The van der Waals surface area contributed by atoms with E-state index in [2.05, 4.69) is 39.8 Å². The van der Waals surface area contributed by atoms with Gasteiger partial charge in [0, 0.05) is 25.2 Å². The lowest BCUT2D eigenvalue weighted by atomic mass is 9.48. The van der Waals surface area contributed by atoms with Gasteiger partial charge in [0.05, 0.1) is 6.20 Å². The number of hydrogen-bond acceptors (Lipinski definition) is 4. The molecule has 0 saturated heterocycles. The van der Waals surface area contributed by atoms with E-state index >= 15 is 0 Å². The predicted octanol–water partition coefficient (Wildman–Crippen LogP) is 5.90. The first-order valence-electron chi connectivity index (χ1n) is 13.4. The van der Waals surface area contributed by atoms with Crippen molar-refractivity contribution in [2.24, 2.45) is 52.3 Å². The molecule has 1 unspecified atom stereocenters. The van der Waals surface area contributed by atoms with E-state index in [1.54, 1.807) is 0 Å². The van der Waals surface area contributed by atoms with E-state index in [9.17, 15) is 10.2 Å². The summed E-state index contributed by atoms with van der Waals surface area (Å²) in [5.74, 6) is 4.87. The van der Waals surface area contributed by atoms with Crippen LogP contribution in [0, 0.1) is 52.3 Å². The fraction of sp³-hybridized carbons (Fsp3) is 0.893. The Morgan fingerprint density at radius 1 is 1.03 bits per heavy atom. The summed E-state index contributed by atoms with van der Waals surface area (Å²) >= 11 is 0. The van der Waals surface area contributed by atoms with Crippen molar-refractivity contribution in [1.29, 1.82) is 0 Å². The van der Waals surface area contributed by atoms with Crippen LogP contribution in [0.5, 0.6) is 0 Å². The van der Waals surface area contributed by atoms with Crippen LogP contribution in [-0.4, -0.2) is 28.6 Å². The van der Waals surface area contributed by atoms with Crippen LogP contribution in [0.15, 0.2) is 10.7 Å². The maximum atomic E-state index is 10.7. The van der Waals surface area contributed by atoms with Crippen LogP contribution in [0.1, 0.15) is 90.9 Å². The molecule has 1 heterocycles. The van der Waals surface area contributed by atoms with E-state index in [0.717, 1.165) is 36.4 Å². The number of rotatable bonds is 8. The molecule has 2 fully saturated rings. The van der Waals surface area contributed by atoms with Crippen molar-refractivity contribution in [3.05, 3.63) is 17.5 Å². The normalized spacial score (nSPS) is 40.3. The first-order chi connectivity index (χ1) is 15.2. The molecule has 0 amide bonds. The fourth-order valence-corrected chi connectivity index (χ4v) is 8.70. The van der Waals surface area contributed by atoms with Crippen molar-refractivity contribution in [2.75, 3.05) is 13.2 Å². The number of aromatic nitrogens is 1. The second-order valence-electron chi connectivity index (χ2n) is 12.6. The Labute approximate surface area is 195 Å². The molecule has 0 aliphatic heterocycles. The van der Waals surface area contributed by atoms with Gasteiger partial charge in [-0.15, -0.1) is 0 Å². The van der Waals surface area contributed by atoms with Gasteiger partial charge in [-0.05, 0) is 84.4 Å². The molecular formula is C28H47NO3. The lowest BCUT2D eigenvalue weighted by Crippen LogP contribution is -2.53. The number of fused-ring (bicyclic) bond motifs is 2. The van der Waals surface area contributed by atoms with Crippen LogP contribution in [0.4, 0.5) is 0 Å². The highest BCUT2D eigenvalue weighted by Gasteiger charge is 2.59. The van der Waals surface area contributed by atoms with Gasteiger partial charge in [-0.1, -0.05) is 59.0 Å². The highest BCUT2D eigenvalue weighted by molar-refractivity contribution is 5.23. The zero-order chi connectivity index (χ0) is 23.1. The minimum Gasteiger partial charge on any atom is -0.396 e. The van der Waals surface area contributed by atoms with Crippen molar-refractivity contribution in [1.82, 2.24) is 5.16 Å². The predicted molar refractivity (Wildman–Crippen MR) is 128 cm³/mol. The van der Waals surface area contributed by atoms with Gasteiger partial charge in [0.1, 0.15) is 5.76 Å². The Balaban J connectivity index is 1.53. The molecule has 0 aromatic carbocycles. The molecule has 0 spiro atoms. The van der Waals surface area contributed by atoms with Gasteiger partial charge in [-0.3, -0.25) is 0 Å². The molecule has 2 saturated carbocycles. The third-order valence-corrected chi connectivity index (χ3v) is 10.6. The molecule has 8 atom stereocenters. The minimum atomic E-state index is -0.0109. The zero-order valence-corrected chi connectivity index (χ0v) is 21.1. The number of nitrogens with zero attached hydrogens (tertiary/aromatic N) is 1. The van der Waals surface area contributed by atoms with Crippen LogP contribution >= 0.6 is 0 Å². The van der Waals surface area contributed by atoms with Gasteiger partial charge in [-0.2, -0.15) is 0 Å². The first-order valence-corrected chi connectivity index (χ1v) is 13.4. The SMILES string of the molecule is CC(C)CCCC(C)[C@H]1CC[C@H]2[C@H](CO)[C@@H]([C@@]3(C)Cc4cnoc4C[C@@H]3CO)CC[C@]12C. The molecule has 32 heavy (non-hydrogen) atoms. The highest BCUT2D eigenvalue weighted by atomic mass is 16.5. The van der Waals surface area contributed by atoms with E-state index in [-0.39, 0.29) is 24.5 Å². The second kappa shape index (κ2) is 9.41. The maximum Gasteiger partial charge on any atom is 0.140 e. The lowest BCUT2D eigenvalue weighted by Gasteiger charge is -2.56. The summed E-state index contributed by atoms with van der Waals surface area (Å²) in [6.07, 6.45) is 12.6. The number of aliphatic hydroxyl groups excluding tert-OH is 2. The Hall–Kier alpha value is -0.870. The van der Waals surface area contributed by atoms with Crippen LogP contribution < -0.4 is 0 Å². The highest BCUT2D eigenvalue weighted by Crippen LogP contribution is 2.64. The molecule has 0 bridgehead atoms. The Morgan fingerprint density at radius 3 is 2.47 bits per heavy atom. The Bertz CT molecular complexity index is 760. The fourth-order valence-electron chi connectivity index (χ4n) is 8.70. The quantitative estimate of drug-likeness (QED) is 0.523. The van der Waals surface area contributed by atoms with Gasteiger partial charge in [0.15, 0.2) is 0 Å². The molecule has 2 N–H and O–H groups in total. The lowest BCUT2D eigenvalue weighted by molar-refractivity contribution is -0.0949. The largest absolute Gasteiger partial charge is 0.396 e. The van der Waals surface area contributed by atoms with Gasteiger partial charge >= 0.3 is 0 Å². The first kappa shape index (κ1) is 24.3. The molecule has 0 radical (unpaired) electrons. The van der Waals surface area contributed by atoms with Crippen LogP contribution in [0.25, 0.3) is 0 Å². The summed E-state index contributed by atoms with van der Waals surface area (Å²) in [4.78, 5) is 0. The molecular weight excluding hydrogens is 398 g/mol. The van der Waals surface area contributed by atoms with Crippen molar-refractivity contribution >= 4 is 0 Å². The average Bonchev–Trinajstić information content (AvgIpc) is 3.34. The Kier molecular flexibility index (Phi) is 7.13. The van der Waals surface area contributed by atoms with Crippen molar-refractivity contribution in [3.63, 3.8) is 0 Å². The molecule has 1 aromatic heterocycles. The van der Waals surface area contributed by atoms with Crippen molar-refractivity contribution < 1.29 is 14.7 Å². The summed E-state index contributed by atoms with van der Waals surface area (Å²) in [6, 6.07) is 0. The molecule has 3 aliphatic rings. The summed E-state index contributed by atoms with van der Waals surface area (Å²) < 4.78 is 5.48. The molecule has 4 nitrogen and oxygen atoms in total. The van der Waals surface area contributed by atoms with Crippen LogP contribution in [0.2, 0.25) is 0 Å². The number of hydrogen-bond donors (Lipinski definition) is 2. The van der Waals surface area contributed by atoms with Gasteiger partial charge in [0.25, 0.3) is 0 Å². The summed E-state index contributed by atoms with van der Waals surface area (Å²) in [6.45, 7) is 12.6. The average molecular weight is 446 g/mol. The van der Waals surface area contributed by atoms with Crippen molar-refractivity contribution in [3.8, 4) is 0 Å². The van der Waals surface area contributed by atoms with Crippen LogP contribution in [-0.2, 0) is 12.8 Å². The topological polar surface area (TPSA) is 66.5 Å². The molecule has 4 rings (SSSR count). The monoisotopic (exact) mass is 445 g/mol. The van der Waals surface area contributed by atoms with E-state index in [0.29, 0.717) is 23.2 Å².